The highest BCUT2D eigenvalue weighted by Gasteiger charge is 2.45. The SMILES string of the molecule is CCN1CCC2=C(CC1)C(=O)C1=C(C2=O)C2CCC1CC2. The molecule has 0 spiro atoms. The maximum absolute atomic E-state index is 13.0. The molecule has 4 aliphatic carbocycles. The quantitative estimate of drug-likeness (QED) is 0.695. The molecule has 1 aliphatic heterocycles. The maximum Gasteiger partial charge on any atom is 0.186 e. The molecule has 1 saturated carbocycles. The minimum absolute atomic E-state index is 0.243. The van der Waals surface area contributed by atoms with Gasteiger partial charge in [0.1, 0.15) is 0 Å². The van der Waals surface area contributed by atoms with Gasteiger partial charge in [0.25, 0.3) is 0 Å². The predicted molar refractivity (Wildman–Crippen MR) is 80.9 cm³/mol. The van der Waals surface area contributed by atoms with Crippen molar-refractivity contribution >= 4 is 11.6 Å². The Morgan fingerprint density at radius 2 is 1.29 bits per heavy atom. The van der Waals surface area contributed by atoms with Crippen molar-refractivity contribution in [3.05, 3.63) is 22.3 Å². The van der Waals surface area contributed by atoms with Crippen LogP contribution < -0.4 is 0 Å². The van der Waals surface area contributed by atoms with E-state index < -0.39 is 0 Å². The largest absolute Gasteiger partial charge is 0.303 e. The monoisotopic (exact) mass is 285 g/mol. The number of fused-ring (bicyclic) bond motifs is 2. The number of hydrogen-bond acceptors (Lipinski definition) is 3. The first-order valence-electron chi connectivity index (χ1n) is 8.48. The van der Waals surface area contributed by atoms with Crippen LogP contribution in [0.15, 0.2) is 22.3 Å². The van der Waals surface area contributed by atoms with E-state index in [0.29, 0.717) is 11.8 Å². The average molecular weight is 285 g/mol. The van der Waals surface area contributed by atoms with Crippen molar-refractivity contribution in [1.29, 1.82) is 0 Å². The van der Waals surface area contributed by atoms with Gasteiger partial charge in [-0.2, -0.15) is 0 Å². The van der Waals surface area contributed by atoms with Crippen molar-refractivity contribution in [2.75, 3.05) is 19.6 Å². The summed E-state index contributed by atoms with van der Waals surface area (Å²) >= 11 is 0. The van der Waals surface area contributed by atoms with Gasteiger partial charge in [-0.15, -0.1) is 0 Å². The molecule has 0 aromatic carbocycles. The molecule has 0 saturated heterocycles. The van der Waals surface area contributed by atoms with Crippen LogP contribution in [0, 0.1) is 11.8 Å². The van der Waals surface area contributed by atoms with Gasteiger partial charge in [-0.1, -0.05) is 6.92 Å². The number of ketones is 2. The number of allylic oxidation sites excluding steroid dienone is 2. The summed E-state index contributed by atoms with van der Waals surface area (Å²) in [5.41, 5.74) is 3.60. The molecular formula is C18H23NO2. The van der Waals surface area contributed by atoms with Gasteiger partial charge in [-0.25, -0.2) is 0 Å². The molecule has 5 aliphatic rings. The molecule has 0 radical (unpaired) electrons. The van der Waals surface area contributed by atoms with Crippen LogP contribution in [0.2, 0.25) is 0 Å². The number of Topliss-reactive ketones (excluding diaryl/α,β-unsaturated/α-hetero) is 2. The van der Waals surface area contributed by atoms with Crippen LogP contribution in [-0.2, 0) is 9.59 Å². The normalized spacial score (nSPS) is 33.2. The van der Waals surface area contributed by atoms with E-state index in [4.69, 9.17) is 0 Å². The smallest absolute Gasteiger partial charge is 0.186 e. The second-order valence-corrected chi connectivity index (χ2v) is 6.93. The third-order valence-corrected chi connectivity index (χ3v) is 6.04. The van der Waals surface area contributed by atoms with E-state index in [9.17, 15) is 9.59 Å². The van der Waals surface area contributed by atoms with E-state index in [1.807, 2.05) is 0 Å². The van der Waals surface area contributed by atoms with E-state index in [1.165, 1.54) is 0 Å². The lowest BCUT2D eigenvalue weighted by atomic mass is 9.61. The Hall–Kier alpha value is -1.22. The third kappa shape index (κ3) is 1.90. The van der Waals surface area contributed by atoms with Crippen LogP contribution in [-0.4, -0.2) is 36.1 Å². The van der Waals surface area contributed by atoms with Crippen LogP contribution >= 0.6 is 0 Å². The molecule has 0 unspecified atom stereocenters. The Bertz CT molecular complexity index is 528. The lowest BCUT2D eigenvalue weighted by Gasteiger charge is -2.41. The molecule has 112 valence electrons. The summed E-state index contributed by atoms with van der Waals surface area (Å²) in [6.45, 7) is 4.99. The van der Waals surface area contributed by atoms with Crippen molar-refractivity contribution in [2.24, 2.45) is 11.8 Å². The zero-order valence-corrected chi connectivity index (χ0v) is 12.8. The Morgan fingerprint density at radius 3 is 1.67 bits per heavy atom. The van der Waals surface area contributed by atoms with Gasteiger partial charge in [0.05, 0.1) is 0 Å². The average Bonchev–Trinajstić information content (AvgIpc) is 2.75. The third-order valence-electron chi connectivity index (χ3n) is 6.04. The zero-order chi connectivity index (χ0) is 14.6. The Morgan fingerprint density at radius 1 is 0.857 bits per heavy atom. The summed E-state index contributed by atoms with van der Waals surface area (Å²) in [7, 11) is 0. The Balaban J connectivity index is 1.74. The molecule has 3 nitrogen and oxygen atoms in total. The van der Waals surface area contributed by atoms with Gasteiger partial charge in [-0.3, -0.25) is 9.59 Å². The maximum atomic E-state index is 13.0. The fourth-order valence-corrected chi connectivity index (χ4v) is 4.82. The number of carbonyl (C=O) groups is 2. The zero-order valence-electron chi connectivity index (χ0n) is 12.8. The first-order valence-corrected chi connectivity index (χ1v) is 8.48. The molecule has 0 N–H and O–H groups in total. The highest BCUT2D eigenvalue weighted by atomic mass is 16.1. The van der Waals surface area contributed by atoms with Crippen LogP contribution in [0.1, 0.15) is 45.4 Å². The molecule has 1 heterocycles. The van der Waals surface area contributed by atoms with Gasteiger partial charge < -0.3 is 4.90 Å². The fraction of sp³-hybridized carbons (Fsp3) is 0.667. The number of nitrogens with zero attached hydrogens (tertiary/aromatic N) is 1. The van der Waals surface area contributed by atoms with Crippen LogP contribution in [0.25, 0.3) is 0 Å². The fourth-order valence-electron chi connectivity index (χ4n) is 4.82. The van der Waals surface area contributed by atoms with Gasteiger partial charge in [0, 0.05) is 35.4 Å². The van der Waals surface area contributed by atoms with Crippen LogP contribution in [0.3, 0.4) is 0 Å². The topological polar surface area (TPSA) is 37.4 Å². The summed E-state index contributed by atoms with van der Waals surface area (Å²) < 4.78 is 0. The molecule has 0 atom stereocenters. The minimum Gasteiger partial charge on any atom is -0.303 e. The van der Waals surface area contributed by atoms with Crippen molar-refractivity contribution in [1.82, 2.24) is 4.90 Å². The first kappa shape index (κ1) is 13.4. The first-order chi connectivity index (χ1) is 10.2. The number of carbonyl (C=O) groups excluding carboxylic acids is 2. The van der Waals surface area contributed by atoms with Crippen molar-refractivity contribution in [3.8, 4) is 0 Å². The second kappa shape index (κ2) is 4.91. The molecule has 1 fully saturated rings. The number of hydrogen-bond donors (Lipinski definition) is 0. The summed E-state index contributed by atoms with van der Waals surface area (Å²) in [5.74, 6) is 1.24. The number of rotatable bonds is 1. The Kier molecular flexibility index (Phi) is 3.14. The van der Waals surface area contributed by atoms with Crippen molar-refractivity contribution < 1.29 is 9.59 Å². The summed E-state index contributed by atoms with van der Waals surface area (Å²) in [4.78, 5) is 28.3. The minimum atomic E-state index is 0.243. The standard InChI is InChI=1S/C18H23NO2/c1-2-19-9-7-13-14(8-10-19)18(21)16-12-4-3-11(5-6-12)15(16)17(13)20/h11-12H,2-10H2,1H3. The van der Waals surface area contributed by atoms with E-state index in [2.05, 4.69) is 11.8 Å². The van der Waals surface area contributed by atoms with Crippen LogP contribution in [0.4, 0.5) is 0 Å². The van der Waals surface area contributed by atoms with Gasteiger partial charge in [0.2, 0.25) is 0 Å². The van der Waals surface area contributed by atoms with Crippen molar-refractivity contribution in [3.63, 3.8) is 0 Å². The predicted octanol–water partition coefficient (Wildman–Crippen LogP) is 2.67. The van der Waals surface area contributed by atoms with Crippen molar-refractivity contribution in [2.45, 2.75) is 45.4 Å². The molecule has 5 rings (SSSR count). The van der Waals surface area contributed by atoms with Gasteiger partial charge >= 0.3 is 0 Å². The summed E-state index contributed by atoms with van der Waals surface area (Å²) in [6, 6.07) is 0. The van der Waals surface area contributed by atoms with E-state index in [-0.39, 0.29) is 11.6 Å². The van der Waals surface area contributed by atoms with E-state index >= 15 is 0 Å². The lowest BCUT2D eigenvalue weighted by molar-refractivity contribution is -0.118. The highest BCUT2D eigenvalue weighted by molar-refractivity contribution is 6.26. The van der Waals surface area contributed by atoms with E-state index in [1.54, 1.807) is 0 Å². The van der Waals surface area contributed by atoms with Gasteiger partial charge in [0.15, 0.2) is 11.6 Å². The molecule has 0 amide bonds. The summed E-state index contributed by atoms with van der Waals surface area (Å²) in [6.07, 6.45) is 6.00. The molecular weight excluding hydrogens is 262 g/mol. The van der Waals surface area contributed by atoms with Gasteiger partial charge in [-0.05, 0) is 56.9 Å². The Labute approximate surface area is 126 Å². The molecule has 0 aromatic rings. The second-order valence-electron chi connectivity index (χ2n) is 6.93. The highest BCUT2D eigenvalue weighted by Crippen LogP contribution is 2.50. The molecule has 0 aromatic heterocycles. The molecule has 3 heteroatoms. The lowest BCUT2D eigenvalue weighted by Crippen LogP contribution is -2.38. The van der Waals surface area contributed by atoms with Crippen LogP contribution in [0.5, 0.6) is 0 Å². The summed E-state index contributed by atoms with van der Waals surface area (Å²) in [5, 5.41) is 0. The molecule has 2 bridgehead atoms. The van der Waals surface area contributed by atoms with E-state index in [0.717, 1.165) is 80.5 Å². The molecule has 21 heavy (non-hydrogen) atoms.